The number of thioether (sulfide) groups is 1. The number of aromatic nitrogens is 1. The molecule has 2 aliphatic heterocycles. The smallest absolute Gasteiger partial charge is 0.315 e. The number of anilines is 1. The van der Waals surface area contributed by atoms with Gasteiger partial charge in [0.15, 0.2) is 5.13 Å². The highest BCUT2D eigenvalue weighted by atomic mass is 32.2. The Hall–Kier alpha value is -2.07. The number of fused-ring (bicyclic) bond motifs is 1. The molecule has 3 heterocycles. The number of halogens is 3. The van der Waals surface area contributed by atoms with Gasteiger partial charge >= 0.3 is 6.18 Å². The first-order chi connectivity index (χ1) is 13.7. The van der Waals surface area contributed by atoms with Crippen molar-refractivity contribution in [1.29, 1.82) is 0 Å². The molecule has 0 radical (unpaired) electrons. The van der Waals surface area contributed by atoms with E-state index >= 15 is 0 Å². The highest BCUT2D eigenvalue weighted by Crippen LogP contribution is 2.47. The van der Waals surface area contributed by atoms with Gasteiger partial charge < -0.3 is 10.2 Å². The number of carbonyl (C=O) groups excluding carboxylic acids is 2. The fourth-order valence-electron chi connectivity index (χ4n) is 3.66. The van der Waals surface area contributed by atoms with Crippen molar-refractivity contribution in [1.82, 2.24) is 9.88 Å². The summed E-state index contributed by atoms with van der Waals surface area (Å²) >= 11 is 2.90. The van der Waals surface area contributed by atoms with Crippen LogP contribution in [0.5, 0.6) is 0 Å². The molecule has 5 nitrogen and oxygen atoms in total. The van der Waals surface area contributed by atoms with Crippen LogP contribution in [0.25, 0.3) is 0 Å². The molecule has 0 spiro atoms. The summed E-state index contributed by atoms with van der Waals surface area (Å²) in [5, 5.41) is 3.20. The lowest BCUT2D eigenvalue weighted by molar-refractivity contribution is -0.137. The summed E-state index contributed by atoms with van der Waals surface area (Å²) in [7, 11) is 0. The minimum Gasteiger partial charge on any atom is -0.315 e. The van der Waals surface area contributed by atoms with Crippen LogP contribution in [-0.4, -0.2) is 38.4 Å². The third kappa shape index (κ3) is 4.00. The molecular weight excluding hydrogens is 423 g/mol. The molecule has 2 fully saturated rings. The molecule has 4 rings (SSSR count). The van der Waals surface area contributed by atoms with Gasteiger partial charge in [0.2, 0.25) is 11.8 Å². The van der Waals surface area contributed by atoms with Crippen LogP contribution >= 0.6 is 23.1 Å². The lowest BCUT2D eigenvalue weighted by atomic mass is 10.1. The first-order valence-electron chi connectivity index (χ1n) is 9.03. The predicted octanol–water partition coefficient (Wildman–Crippen LogP) is 4.15. The molecule has 1 N–H and O–H groups in total. The van der Waals surface area contributed by atoms with Crippen molar-refractivity contribution in [3.63, 3.8) is 0 Å². The summed E-state index contributed by atoms with van der Waals surface area (Å²) in [6.07, 6.45) is -1.12. The lowest BCUT2D eigenvalue weighted by Crippen LogP contribution is -2.48. The number of hydrogen-bond acceptors (Lipinski definition) is 5. The Kier molecular flexibility index (Phi) is 5.10. The Morgan fingerprint density at radius 3 is 2.76 bits per heavy atom. The molecular formula is C19H18F3N3O2S2. The van der Waals surface area contributed by atoms with E-state index < -0.39 is 17.8 Å². The first kappa shape index (κ1) is 20.2. The monoisotopic (exact) mass is 441 g/mol. The molecule has 0 aliphatic carbocycles. The van der Waals surface area contributed by atoms with Crippen molar-refractivity contribution in [2.24, 2.45) is 0 Å². The summed E-state index contributed by atoms with van der Waals surface area (Å²) in [5.41, 5.74) is 0.0431. The number of carbonyl (C=O) groups is 2. The largest absolute Gasteiger partial charge is 0.416 e. The number of hydrogen-bond donors (Lipinski definition) is 1. The summed E-state index contributed by atoms with van der Waals surface area (Å²) < 4.78 is 38.0. The van der Waals surface area contributed by atoms with Gasteiger partial charge in [-0.05, 0) is 31.0 Å². The SMILES string of the molecule is C[C@]12CCC(=O)N1[C@@H](C(=O)Nc1ncc(Cc3ccc(C(F)(F)F)cc3)s1)CS2. The van der Waals surface area contributed by atoms with Crippen LogP contribution in [0.4, 0.5) is 18.3 Å². The molecule has 0 bridgehead atoms. The second-order valence-corrected chi connectivity index (χ2v) is 9.87. The molecule has 10 heteroatoms. The number of benzene rings is 1. The number of nitrogens with one attached hydrogen (secondary N) is 1. The van der Waals surface area contributed by atoms with Crippen LogP contribution in [0.3, 0.4) is 0 Å². The molecule has 2 aromatic rings. The Morgan fingerprint density at radius 2 is 2.07 bits per heavy atom. The Labute approximate surface area is 173 Å². The van der Waals surface area contributed by atoms with Crippen molar-refractivity contribution in [3.05, 3.63) is 46.5 Å². The molecule has 2 atom stereocenters. The summed E-state index contributed by atoms with van der Waals surface area (Å²) in [4.78, 5) is 31.3. The van der Waals surface area contributed by atoms with E-state index in [2.05, 4.69) is 10.3 Å². The van der Waals surface area contributed by atoms with Crippen molar-refractivity contribution < 1.29 is 22.8 Å². The number of amides is 2. The maximum atomic E-state index is 12.7. The van der Waals surface area contributed by atoms with E-state index in [9.17, 15) is 22.8 Å². The van der Waals surface area contributed by atoms with E-state index in [1.165, 1.54) is 23.5 Å². The molecule has 1 aromatic carbocycles. The van der Waals surface area contributed by atoms with Gasteiger partial charge in [-0.1, -0.05) is 12.1 Å². The lowest BCUT2D eigenvalue weighted by Gasteiger charge is -2.29. The number of alkyl halides is 3. The Balaban J connectivity index is 1.39. The zero-order valence-electron chi connectivity index (χ0n) is 15.5. The highest BCUT2D eigenvalue weighted by molar-refractivity contribution is 8.01. The maximum Gasteiger partial charge on any atom is 0.416 e. The molecule has 154 valence electrons. The van der Waals surface area contributed by atoms with Gasteiger partial charge in [0.1, 0.15) is 6.04 Å². The van der Waals surface area contributed by atoms with Crippen molar-refractivity contribution in [3.8, 4) is 0 Å². The minimum absolute atomic E-state index is 0.000202. The average molecular weight is 442 g/mol. The Morgan fingerprint density at radius 1 is 1.34 bits per heavy atom. The number of nitrogens with zero attached hydrogens (tertiary/aromatic N) is 2. The molecule has 0 unspecified atom stereocenters. The van der Waals surface area contributed by atoms with Crippen LogP contribution in [-0.2, 0) is 22.2 Å². The van der Waals surface area contributed by atoms with Gasteiger partial charge in [0, 0.05) is 29.7 Å². The molecule has 2 amide bonds. The van der Waals surface area contributed by atoms with Crippen LogP contribution in [0.1, 0.15) is 35.8 Å². The molecule has 2 aliphatic rings. The van der Waals surface area contributed by atoms with Gasteiger partial charge in [-0.3, -0.25) is 9.59 Å². The standard InChI is InChI=1S/C19H18F3N3O2S2/c1-18-7-6-15(26)25(18)14(10-28-18)16(27)24-17-23-9-13(29-17)8-11-2-4-12(5-3-11)19(20,21)22/h2-5,9,14H,6-8,10H2,1H3,(H,23,24,27)/t14-,18+/m1/s1. The van der Waals surface area contributed by atoms with Crippen LogP contribution in [0, 0.1) is 0 Å². The summed E-state index contributed by atoms with van der Waals surface area (Å²) in [5.74, 6) is 0.296. The fourth-order valence-corrected chi connectivity index (χ4v) is 5.94. The van der Waals surface area contributed by atoms with E-state index in [0.717, 1.165) is 29.0 Å². The summed E-state index contributed by atoms with van der Waals surface area (Å²) in [6.45, 7) is 1.99. The Bertz CT molecular complexity index is 945. The molecule has 1 aromatic heterocycles. The predicted molar refractivity (Wildman–Crippen MR) is 106 cm³/mol. The summed E-state index contributed by atoms with van der Waals surface area (Å²) in [6, 6.07) is 4.48. The van der Waals surface area contributed by atoms with E-state index in [4.69, 9.17) is 0 Å². The van der Waals surface area contributed by atoms with Crippen LogP contribution in [0.2, 0.25) is 0 Å². The van der Waals surface area contributed by atoms with Gasteiger partial charge in [-0.2, -0.15) is 13.2 Å². The van der Waals surface area contributed by atoms with Crippen molar-refractivity contribution in [2.45, 2.75) is 43.3 Å². The second kappa shape index (κ2) is 7.32. The van der Waals surface area contributed by atoms with E-state index in [-0.39, 0.29) is 16.7 Å². The van der Waals surface area contributed by atoms with E-state index in [1.54, 1.807) is 22.9 Å². The normalized spacial score (nSPS) is 24.1. The molecule has 2 saturated heterocycles. The highest BCUT2D eigenvalue weighted by Gasteiger charge is 2.52. The van der Waals surface area contributed by atoms with Crippen molar-refractivity contribution >= 4 is 40.0 Å². The van der Waals surface area contributed by atoms with Crippen LogP contribution < -0.4 is 5.32 Å². The third-order valence-corrected chi connectivity index (χ3v) is 7.61. The zero-order chi connectivity index (χ0) is 20.8. The quantitative estimate of drug-likeness (QED) is 0.775. The van der Waals surface area contributed by atoms with Crippen LogP contribution in [0.15, 0.2) is 30.5 Å². The maximum absolute atomic E-state index is 12.7. The average Bonchev–Trinajstić information content (AvgIpc) is 3.31. The van der Waals surface area contributed by atoms with Gasteiger partial charge in [-0.25, -0.2) is 4.98 Å². The van der Waals surface area contributed by atoms with Gasteiger partial charge in [-0.15, -0.1) is 23.1 Å². The number of rotatable bonds is 4. The van der Waals surface area contributed by atoms with Gasteiger partial charge in [0.25, 0.3) is 0 Å². The molecule has 29 heavy (non-hydrogen) atoms. The fraction of sp³-hybridized carbons (Fsp3) is 0.421. The van der Waals surface area contributed by atoms with E-state index in [1.807, 2.05) is 6.92 Å². The van der Waals surface area contributed by atoms with E-state index in [0.29, 0.717) is 23.7 Å². The topological polar surface area (TPSA) is 62.3 Å². The zero-order valence-corrected chi connectivity index (χ0v) is 17.1. The molecule has 0 saturated carbocycles. The first-order valence-corrected chi connectivity index (χ1v) is 10.8. The second-order valence-electron chi connectivity index (χ2n) is 7.26. The van der Waals surface area contributed by atoms with Crippen molar-refractivity contribution in [2.75, 3.05) is 11.1 Å². The minimum atomic E-state index is -4.36. The number of thiazole rings is 1. The third-order valence-electron chi connectivity index (χ3n) is 5.19. The van der Waals surface area contributed by atoms with Gasteiger partial charge in [0.05, 0.1) is 10.4 Å².